The van der Waals surface area contributed by atoms with E-state index in [9.17, 15) is 18.0 Å². The lowest BCUT2D eigenvalue weighted by Gasteiger charge is -2.34. The summed E-state index contributed by atoms with van der Waals surface area (Å²) in [6, 6.07) is 1.59. The third kappa shape index (κ3) is 3.53. The van der Waals surface area contributed by atoms with Gasteiger partial charge < -0.3 is 19.7 Å². The lowest BCUT2D eigenvalue weighted by Crippen LogP contribution is -2.51. The van der Waals surface area contributed by atoms with Crippen LogP contribution in [-0.4, -0.2) is 60.3 Å². The van der Waals surface area contributed by atoms with Gasteiger partial charge in [0.25, 0.3) is 0 Å². The molecule has 0 bridgehead atoms. The van der Waals surface area contributed by atoms with Crippen molar-refractivity contribution in [2.24, 2.45) is 11.3 Å². The van der Waals surface area contributed by atoms with Crippen molar-refractivity contribution in [1.29, 1.82) is 0 Å². The number of carbonyl (C=O) groups excluding carboxylic acids is 1. The van der Waals surface area contributed by atoms with E-state index in [4.69, 9.17) is 9.47 Å². The minimum atomic E-state index is -4.43. The summed E-state index contributed by atoms with van der Waals surface area (Å²) in [6.07, 6.45) is 0.356. The first-order valence-electron chi connectivity index (χ1n) is 11.5. The van der Waals surface area contributed by atoms with Crippen LogP contribution in [0.4, 0.5) is 13.2 Å². The molecule has 1 amide bonds. The molecule has 4 aliphatic rings. The number of nitrogens with zero attached hydrogens (tertiary/aromatic N) is 2. The van der Waals surface area contributed by atoms with Crippen LogP contribution in [-0.2, 0) is 33.4 Å². The van der Waals surface area contributed by atoms with Gasteiger partial charge in [-0.3, -0.25) is 9.78 Å². The van der Waals surface area contributed by atoms with E-state index in [1.807, 2.05) is 4.90 Å². The van der Waals surface area contributed by atoms with Crippen LogP contribution in [0, 0.1) is 11.3 Å². The monoisotopic (exact) mass is 453 g/mol. The second-order valence-electron chi connectivity index (χ2n) is 9.83. The maximum absolute atomic E-state index is 13.6. The van der Waals surface area contributed by atoms with E-state index in [1.54, 1.807) is 7.11 Å². The van der Waals surface area contributed by atoms with Crippen LogP contribution in [0.3, 0.4) is 0 Å². The SMILES string of the molecule is CO[C@H]1COCC[C@H]1NC1CC[C@@]2(C1)C(=O)N1Cc3cc(C(F)(F)F)cnc3CC1C2C. The molecule has 1 N–H and O–H groups in total. The summed E-state index contributed by atoms with van der Waals surface area (Å²) in [7, 11) is 1.70. The minimum absolute atomic E-state index is 0.00624. The van der Waals surface area contributed by atoms with Gasteiger partial charge in [-0.2, -0.15) is 13.2 Å². The summed E-state index contributed by atoms with van der Waals surface area (Å²) in [5.74, 6) is 0.226. The van der Waals surface area contributed by atoms with Gasteiger partial charge in [-0.25, -0.2) is 0 Å². The van der Waals surface area contributed by atoms with Crippen molar-refractivity contribution in [3.05, 3.63) is 29.1 Å². The average molecular weight is 454 g/mol. The molecule has 9 heteroatoms. The zero-order valence-corrected chi connectivity index (χ0v) is 18.5. The molecule has 32 heavy (non-hydrogen) atoms. The molecule has 1 aromatic heterocycles. The van der Waals surface area contributed by atoms with E-state index in [0.717, 1.165) is 37.9 Å². The van der Waals surface area contributed by atoms with Gasteiger partial charge >= 0.3 is 6.18 Å². The van der Waals surface area contributed by atoms with Gasteiger partial charge in [0, 0.05) is 56.7 Å². The van der Waals surface area contributed by atoms with Crippen molar-refractivity contribution in [3.8, 4) is 0 Å². The number of nitrogens with one attached hydrogen (secondary N) is 1. The van der Waals surface area contributed by atoms with E-state index >= 15 is 0 Å². The van der Waals surface area contributed by atoms with Crippen molar-refractivity contribution in [1.82, 2.24) is 15.2 Å². The zero-order chi connectivity index (χ0) is 22.7. The highest BCUT2D eigenvalue weighted by Gasteiger charge is 2.60. The number of amides is 1. The fourth-order valence-corrected chi connectivity index (χ4v) is 6.40. The van der Waals surface area contributed by atoms with Gasteiger partial charge in [0.1, 0.15) is 0 Å². The molecule has 1 aromatic rings. The van der Waals surface area contributed by atoms with E-state index in [0.29, 0.717) is 30.9 Å². The van der Waals surface area contributed by atoms with Crippen LogP contribution in [0.5, 0.6) is 0 Å². The highest BCUT2D eigenvalue weighted by atomic mass is 19.4. The summed E-state index contributed by atoms with van der Waals surface area (Å²) in [4.78, 5) is 19.6. The smallest absolute Gasteiger partial charge is 0.379 e. The normalized spacial score (nSPS) is 37.1. The molecule has 176 valence electrons. The van der Waals surface area contributed by atoms with Crippen molar-refractivity contribution in [2.45, 2.75) is 76.0 Å². The Labute approximate surface area is 185 Å². The van der Waals surface area contributed by atoms with Gasteiger partial charge in [0.15, 0.2) is 0 Å². The standard InChI is InChI=1S/C23H30F3N3O3/c1-13-19-8-18-14(7-15(10-27-18)23(24,25)26)11-29(19)21(30)22(13)5-3-16(9-22)28-17-4-6-32-12-20(17)31-2/h7,10,13,16-17,19-20,28H,3-6,8-9,11-12H2,1-2H3/t13?,16?,17-,19?,20+,22+/m1/s1. The third-order valence-corrected chi connectivity index (χ3v) is 8.27. The topological polar surface area (TPSA) is 63.7 Å². The maximum atomic E-state index is 13.6. The molecule has 2 saturated heterocycles. The van der Waals surface area contributed by atoms with Crippen molar-refractivity contribution >= 4 is 5.91 Å². The average Bonchev–Trinajstić information content (AvgIpc) is 3.28. The van der Waals surface area contributed by atoms with E-state index in [2.05, 4.69) is 17.2 Å². The third-order valence-electron chi connectivity index (χ3n) is 8.27. The van der Waals surface area contributed by atoms with Crippen LogP contribution in [0.2, 0.25) is 0 Å². The highest BCUT2D eigenvalue weighted by Crippen LogP contribution is 2.54. The van der Waals surface area contributed by atoms with E-state index in [-0.39, 0.29) is 42.6 Å². The number of alkyl halides is 3. The molecular weight excluding hydrogens is 423 g/mol. The summed E-state index contributed by atoms with van der Waals surface area (Å²) in [5.41, 5.74) is 0.00368. The van der Waals surface area contributed by atoms with Gasteiger partial charge in [-0.1, -0.05) is 6.92 Å². The summed E-state index contributed by atoms with van der Waals surface area (Å²) < 4.78 is 50.5. The molecule has 0 aromatic carbocycles. The number of hydrogen-bond acceptors (Lipinski definition) is 5. The Morgan fingerprint density at radius 3 is 2.91 bits per heavy atom. The molecule has 6 atom stereocenters. The van der Waals surface area contributed by atoms with Crippen molar-refractivity contribution in [2.75, 3.05) is 20.3 Å². The Balaban J connectivity index is 1.33. The molecule has 3 unspecified atom stereocenters. The maximum Gasteiger partial charge on any atom is 0.417 e. The van der Waals surface area contributed by atoms with Crippen LogP contribution < -0.4 is 5.32 Å². The molecule has 1 saturated carbocycles. The van der Waals surface area contributed by atoms with Gasteiger partial charge in [-0.05, 0) is 43.2 Å². The van der Waals surface area contributed by atoms with Crippen LogP contribution in [0.25, 0.3) is 0 Å². The van der Waals surface area contributed by atoms with Crippen LogP contribution in [0.1, 0.15) is 49.4 Å². The Morgan fingerprint density at radius 2 is 2.16 bits per heavy atom. The number of fused-ring (bicyclic) bond motifs is 2. The number of ether oxygens (including phenoxy) is 2. The molecular formula is C23H30F3N3O3. The number of methoxy groups -OCH3 is 1. The van der Waals surface area contributed by atoms with Crippen LogP contribution in [0.15, 0.2) is 12.3 Å². The fourth-order valence-electron chi connectivity index (χ4n) is 6.40. The zero-order valence-electron chi connectivity index (χ0n) is 18.5. The lowest BCUT2D eigenvalue weighted by atomic mass is 9.73. The number of pyridine rings is 1. The molecule has 0 radical (unpaired) electrons. The van der Waals surface area contributed by atoms with Crippen LogP contribution >= 0.6 is 0 Å². The molecule has 6 nitrogen and oxygen atoms in total. The van der Waals surface area contributed by atoms with Gasteiger partial charge in [0.05, 0.1) is 23.7 Å². The molecule has 3 fully saturated rings. The number of carbonyl (C=O) groups is 1. The Kier molecular flexibility index (Phi) is 5.49. The predicted molar refractivity (Wildman–Crippen MR) is 110 cm³/mol. The van der Waals surface area contributed by atoms with Crippen molar-refractivity contribution in [3.63, 3.8) is 0 Å². The lowest BCUT2D eigenvalue weighted by molar-refractivity contribution is -0.138. The first-order chi connectivity index (χ1) is 15.2. The highest BCUT2D eigenvalue weighted by molar-refractivity contribution is 5.87. The summed E-state index contributed by atoms with van der Waals surface area (Å²) in [6.45, 7) is 3.62. The quantitative estimate of drug-likeness (QED) is 0.763. The molecule has 3 aliphatic heterocycles. The molecule has 5 rings (SSSR count). The number of halogens is 3. The largest absolute Gasteiger partial charge is 0.417 e. The molecule has 4 heterocycles. The first kappa shape index (κ1) is 22.1. The Bertz CT molecular complexity index is 895. The predicted octanol–water partition coefficient (Wildman–Crippen LogP) is 2.94. The second-order valence-corrected chi connectivity index (χ2v) is 9.83. The molecule has 1 spiro atoms. The van der Waals surface area contributed by atoms with Gasteiger partial charge in [-0.15, -0.1) is 0 Å². The summed E-state index contributed by atoms with van der Waals surface area (Å²) >= 11 is 0. The van der Waals surface area contributed by atoms with E-state index in [1.165, 1.54) is 0 Å². The number of aromatic nitrogens is 1. The minimum Gasteiger partial charge on any atom is -0.379 e. The second kappa shape index (κ2) is 7.95. The molecule has 1 aliphatic carbocycles. The Hall–Kier alpha value is -1.71. The van der Waals surface area contributed by atoms with Crippen molar-refractivity contribution < 1.29 is 27.4 Å². The van der Waals surface area contributed by atoms with E-state index < -0.39 is 17.2 Å². The fraction of sp³-hybridized carbons (Fsp3) is 0.739. The number of hydrogen-bond donors (Lipinski definition) is 1. The summed E-state index contributed by atoms with van der Waals surface area (Å²) in [5, 5.41) is 3.72. The Morgan fingerprint density at radius 1 is 1.34 bits per heavy atom. The van der Waals surface area contributed by atoms with Gasteiger partial charge in [0.2, 0.25) is 5.91 Å². The number of rotatable bonds is 3. The first-order valence-corrected chi connectivity index (χ1v) is 11.5.